The Hall–Kier alpha value is -1.61. The van der Waals surface area contributed by atoms with E-state index in [9.17, 15) is 4.39 Å². The van der Waals surface area contributed by atoms with E-state index in [1.165, 1.54) is 6.07 Å². The van der Waals surface area contributed by atoms with Crippen LogP contribution >= 0.6 is 11.6 Å². The maximum atomic E-state index is 13.7. The number of pyridine rings is 1. The minimum Gasteiger partial charge on any atom is -0.384 e. The van der Waals surface area contributed by atoms with Crippen molar-refractivity contribution in [2.45, 2.75) is 6.92 Å². The Bertz CT molecular complexity index is 491. The van der Waals surface area contributed by atoms with Crippen LogP contribution in [0.4, 0.5) is 10.2 Å². The SMILES string of the molecule is Cc1nc(N)ccc1-c1ccc(Cl)cc1F. The molecular formula is C12H10ClFN2. The van der Waals surface area contributed by atoms with Crippen molar-refractivity contribution in [1.82, 2.24) is 4.98 Å². The zero-order valence-corrected chi connectivity index (χ0v) is 9.42. The van der Waals surface area contributed by atoms with Crippen molar-refractivity contribution in [3.8, 4) is 11.1 Å². The topological polar surface area (TPSA) is 38.9 Å². The quantitative estimate of drug-likeness (QED) is 0.824. The summed E-state index contributed by atoms with van der Waals surface area (Å²) in [7, 11) is 0. The molecule has 0 aliphatic heterocycles. The van der Waals surface area contributed by atoms with E-state index in [2.05, 4.69) is 4.98 Å². The molecule has 1 aromatic carbocycles. The Morgan fingerprint density at radius 2 is 1.88 bits per heavy atom. The first-order valence-electron chi connectivity index (χ1n) is 4.76. The van der Waals surface area contributed by atoms with Crippen LogP contribution in [0.25, 0.3) is 11.1 Å². The molecule has 0 saturated carbocycles. The molecule has 0 amide bonds. The molecule has 2 aromatic rings. The summed E-state index contributed by atoms with van der Waals surface area (Å²) in [6, 6.07) is 7.97. The van der Waals surface area contributed by atoms with Crippen molar-refractivity contribution in [3.05, 3.63) is 46.9 Å². The highest BCUT2D eigenvalue weighted by Crippen LogP contribution is 2.27. The molecule has 2 rings (SSSR count). The van der Waals surface area contributed by atoms with E-state index in [1.54, 1.807) is 31.2 Å². The fourth-order valence-electron chi connectivity index (χ4n) is 1.57. The lowest BCUT2D eigenvalue weighted by atomic mass is 10.0. The van der Waals surface area contributed by atoms with Crippen molar-refractivity contribution in [2.24, 2.45) is 0 Å². The van der Waals surface area contributed by atoms with Crippen LogP contribution in [-0.4, -0.2) is 4.98 Å². The number of aryl methyl sites for hydroxylation is 1. The van der Waals surface area contributed by atoms with Crippen LogP contribution in [0.15, 0.2) is 30.3 Å². The van der Waals surface area contributed by atoms with Gasteiger partial charge in [0, 0.05) is 21.8 Å². The van der Waals surface area contributed by atoms with E-state index in [1.807, 2.05) is 0 Å². The van der Waals surface area contributed by atoms with Gasteiger partial charge in [0.05, 0.1) is 0 Å². The molecule has 0 fully saturated rings. The van der Waals surface area contributed by atoms with Gasteiger partial charge < -0.3 is 5.73 Å². The zero-order valence-electron chi connectivity index (χ0n) is 8.67. The Balaban J connectivity index is 2.59. The highest BCUT2D eigenvalue weighted by molar-refractivity contribution is 6.30. The second-order valence-electron chi connectivity index (χ2n) is 3.49. The lowest BCUT2D eigenvalue weighted by molar-refractivity contribution is 0.631. The van der Waals surface area contributed by atoms with E-state index < -0.39 is 0 Å². The number of nitrogens with zero attached hydrogens (tertiary/aromatic N) is 1. The summed E-state index contributed by atoms with van der Waals surface area (Å²) in [5, 5.41) is 0.377. The van der Waals surface area contributed by atoms with Crippen LogP contribution in [0.3, 0.4) is 0 Å². The predicted molar refractivity (Wildman–Crippen MR) is 63.8 cm³/mol. The van der Waals surface area contributed by atoms with Gasteiger partial charge in [0.15, 0.2) is 0 Å². The van der Waals surface area contributed by atoms with Gasteiger partial charge in [-0.1, -0.05) is 11.6 Å². The lowest BCUT2D eigenvalue weighted by Gasteiger charge is -2.07. The molecule has 82 valence electrons. The summed E-state index contributed by atoms with van der Waals surface area (Å²) in [5.74, 6) is 0.0674. The Morgan fingerprint density at radius 3 is 2.50 bits per heavy atom. The maximum Gasteiger partial charge on any atom is 0.132 e. The van der Waals surface area contributed by atoms with E-state index in [4.69, 9.17) is 17.3 Å². The van der Waals surface area contributed by atoms with E-state index >= 15 is 0 Å². The van der Waals surface area contributed by atoms with Gasteiger partial charge in [0.2, 0.25) is 0 Å². The highest BCUT2D eigenvalue weighted by atomic mass is 35.5. The van der Waals surface area contributed by atoms with Crippen LogP contribution in [0.5, 0.6) is 0 Å². The Labute approximate surface area is 97.9 Å². The number of nitrogens with two attached hydrogens (primary N) is 1. The summed E-state index contributed by atoms with van der Waals surface area (Å²) in [6.07, 6.45) is 0. The normalized spacial score (nSPS) is 10.4. The predicted octanol–water partition coefficient (Wildman–Crippen LogP) is 3.43. The number of hydrogen-bond acceptors (Lipinski definition) is 2. The van der Waals surface area contributed by atoms with Crippen molar-refractivity contribution >= 4 is 17.4 Å². The smallest absolute Gasteiger partial charge is 0.132 e. The van der Waals surface area contributed by atoms with Crippen LogP contribution in [0.2, 0.25) is 5.02 Å². The minimum atomic E-state index is -0.359. The second-order valence-corrected chi connectivity index (χ2v) is 3.93. The zero-order chi connectivity index (χ0) is 11.7. The van der Waals surface area contributed by atoms with Gasteiger partial charge in [-0.25, -0.2) is 9.37 Å². The number of benzene rings is 1. The number of halogens is 2. The second kappa shape index (κ2) is 4.10. The summed E-state index contributed by atoms with van der Waals surface area (Å²) in [4.78, 5) is 4.09. The lowest BCUT2D eigenvalue weighted by Crippen LogP contribution is -1.95. The molecule has 0 bridgehead atoms. The van der Waals surface area contributed by atoms with Crippen LogP contribution in [0.1, 0.15) is 5.69 Å². The van der Waals surface area contributed by atoms with Crippen LogP contribution in [-0.2, 0) is 0 Å². The van der Waals surface area contributed by atoms with Crippen molar-refractivity contribution in [1.29, 1.82) is 0 Å². The molecule has 1 heterocycles. The first-order valence-corrected chi connectivity index (χ1v) is 5.14. The minimum absolute atomic E-state index is 0.359. The van der Waals surface area contributed by atoms with Gasteiger partial charge in [-0.2, -0.15) is 0 Å². The van der Waals surface area contributed by atoms with E-state index in [0.717, 1.165) is 5.56 Å². The molecule has 0 unspecified atom stereocenters. The number of hydrogen-bond donors (Lipinski definition) is 1. The number of anilines is 1. The van der Waals surface area contributed by atoms with Crippen molar-refractivity contribution in [3.63, 3.8) is 0 Å². The third kappa shape index (κ3) is 1.99. The van der Waals surface area contributed by atoms with Crippen molar-refractivity contribution < 1.29 is 4.39 Å². The molecule has 0 atom stereocenters. The molecule has 0 spiro atoms. The molecule has 0 saturated heterocycles. The Morgan fingerprint density at radius 1 is 1.19 bits per heavy atom. The molecule has 2 nitrogen and oxygen atoms in total. The monoisotopic (exact) mass is 236 g/mol. The third-order valence-electron chi connectivity index (χ3n) is 2.33. The summed E-state index contributed by atoms with van der Waals surface area (Å²) < 4.78 is 13.7. The molecule has 0 aliphatic carbocycles. The molecule has 0 radical (unpaired) electrons. The van der Waals surface area contributed by atoms with Gasteiger partial charge in [0.1, 0.15) is 11.6 Å². The maximum absolute atomic E-state index is 13.7. The number of rotatable bonds is 1. The molecule has 2 N–H and O–H groups in total. The highest BCUT2D eigenvalue weighted by Gasteiger charge is 2.09. The van der Waals surface area contributed by atoms with Gasteiger partial charge in [-0.3, -0.25) is 0 Å². The molecule has 1 aromatic heterocycles. The average Bonchev–Trinajstić information content (AvgIpc) is 2.19. The largest absolute Gasteiger partial charge is 0.384 e. The molecule has 4 heteroatoms. The van der Waals surface area contributed by atoms with Gasteiger partial charge in [-0.15, -0.1) is 0 Å². The first kappa shape index (κ1) is 10.9. The number of aromatic nitrogens is 1. The summed E-state index contributed by atoms with van der Waals surface area (Å²) in [5.41, 5.74) is 7.44. The van der Waals surface area contributed by atoms with Crippen LogP contribution < -0.4 is 5.73 Å². The van der Waals surface area contributed by atoms with E-state index in [-0.39, 0.29) is 5.82 Å². The number of nitrogen functional groups attached to an aromatic ring is 1. The summed E-state index contributed by atoms with van der Waals surface area (Å²) >= 11 is 5.69. The summed E-state index contributed by atoms with van der Waals surface area (Å²) in [6.45, 7) is 1.79. The fourth-order valence-corrected chi connectivity index (χ4v) is 1.73. The van der Waals surface area contributed by atoms with Crippen molar-refractivity contribution in [2.75, 3.05) is 5.73 Å². The Kier molecular flexibility index (Phi) is 2.79. The third-order valence-corrected chi connectivity index (χ3v) is 2.56. The standard InChI is InChI=1S/C12H10ClFN2/c1-7-9(4-5-12(15)16-7)10-3-2-8(13)6-11(10)14/h2-6H,1H3,(H2,15,16). The van der Waals surface area contributed by atoms with Gasteiger partial charge >= 0.3 is 0 Å². The average molecular weight is 237 g/mol. The fraction of sp³-hybridized carbons (Fsp3) is 0.0833. The van der Waals surface area contributed by atoms with Gasteiger partial charge in [-0.05, 0) is 37.3 Å². The first-order chi connectivity index (χ1) is 7.58. The molecule has 16 heavy (non-hydrogen) atoms. The van der Waals surface area contributed by atoms with E-state index in [0.29, 0.717) is 22.1 Å². The van der Waals surface area contributed by atoms with Gasteiger partial charge in [0.25, 0.3) is 0 Å². The molecule has 0 aliphatic rings. The molecular weight excluding hydrogens is 227 g/mol. The van der Waals surface area contributed by atoms with Crippen LogP contribution in [0, 0.1) is 12.7 Å².